The van der Waals surface area contributed by atoms with Gasteiger partial charge in [0.2, 0.25) is 0 Å². The van der Waals surface area contributed by atoms with Crippen molar-refractivity contribution in [3.05, 3.63) is 33.8 Å². The molecule has 0 aliphatic heterocycles. The van der Waals surface area contributed by atoms with Crippen molar-refractivity contribution in [1.82, 2.24) is 15.3 Å². The highest BCUT2D eigenvalue weighted by Gasteiger charge is 2.12. The van der Waals surface area contributed by atoms with Gasteiger partial charge in [-0.25, -0.2) is 9.97 Å². The molecule has 2 aromatic rings. The molecular weight excluding hydrogens is 254 g/mol. The van der Waals surface area contributed by atoms with Gasteiger partial charge in [0, 0.05) is 22.3 Å². The van der Waals surface area contributed by atoms with Gasteiger partial charge in [-0.05, 0) is 56.8 Å². The van der Waals surface area contributed by atoms with Crippen molar-refractivity contribution >= 4 is 11.3 Å². The number of hydrogen-bond donors (Lipinski definition) is 1. The molecule has 0 aromatic carbocycles. The number of nitrogens with zero attached hydrogens (tertiary/aromatic N) is 2. The van der Waals surface area contributed by atoms with Gasteiger partial charge in [0.15, 0.2) is 5.82 Å². The van der Waals surface area contributed by atoms with Gasteiger partial charge in [-0.15, -0.1) is 0 Å². The molecule has 3 nitrogen and oxygen atoms in total. The van der Waals surface area contributed by atoms with Crippen molar-refractivity contribution in [1.29, 1.82) is 0 Å². The molecule has 2 aromatic heterocycles. The topological polar surface area (TPSA) is 37.8 Å². The molecule has 1 N–H and O–H groups in total. The molecule has 0 aliphatic carbocycles. The van der Waals surface area contributed by atoms with E-state index in [2.05, 4.69) is 52.9 Å². The van der Waals surface area contributed by atoms with E-state index in [0.717, 1.165) is 35.7 Å². The fourth-order valence-corrected chi connectivity index (χ4v) is 2.96. The Labute approximate surface area is 119 Å². The summed E-state index contributed by atoms with van der Waals surface area (Å²) in [5, 5.41) is 7.38. The first-order valence-corrected chi connectivity index (χ1v) is 7.57. The fraction of sp³-hybridized carbons (Fsp3) is 0.467. The summed E-state index contributed by atoms with van der Waals surface area (Å²) in [6.45, 7) is 7.45. The maximum atomic E-state index is 4.66. The van der Waals surface area contributed by atoms with E-state index >= 15 is 0 Å². The lowest BCUT2D eigenvalue weighted by Gasteiger charge is -2.15. The van der Waals surface area contributed by atoms with Crippen LogP contribution in [0.3, 0.4) is 0 Å². The average molecular weight is 275 g/mol. The first-order valence-electron chi connectivity index (χ1n) is 6.63. The number of aromatic nitrogens is 2. The van der Waals surface area contributed by atoms with E-state index in [4.69, 9.17) is 0 Å². The second kappa shape index (κ2) is 6.26. The van der Waals surface area contributed by atoms with Gasteiger partial charge in [0.05, 0.1) is 0 Å². The van der Waals surface area contributed by atoms with E-state index in [1.54, 1.807) is 11.3 Å². The highest BCUT2D eigenvalue weighted by Crippen LogP contribution is 2.22. The van der Waals surface area contributed by atoms with Crippen molar-refractivity contribution in [2.45, 2.75) is 27.2 Å². The van der Waals surface area contributed by atoms with E-state index in [0.29, 0.717) is 5.92 Å². The van der Waals surface area contributed by atoms with E-state index in [1.165, 1.54) is 5.56 Å². The van der Waals surface area contributed by atoms with Crippen molar-refractivity contribution < 1.29 is 0 Å². The minimum Gasteiger partial charge on any atom is -0.319 e. The molecule has 4 heteroatoms. The first kappa shape index (κ1) is 14.2. The van der Waals surface area contributed by atoms with Crippen molar-refractivity contribution in [2.75, 3.05) is 13.6 Å². The Hall–Kier alpha value is -1.26. The Kier molecular flexibility index (Phi) is 4.66. The minimum absolute atomic E-state index is 0.595. The van der Waals surface area contributed by atoms with Gasteiger partial charge in [-0.1, -0.05) is 6.92 Å². The highest BCUT2D eigenvalue weighted by atomic mass is 32.1. The number of hydrogen-bond acceptors (Lipinski definition) is 4. The van der Waals surface area contributed by atoms with Crippen LogP contribution in [0.5, 0.6) is 0 Å². The largest absolute Gasteiger partial charge is 0.319 e. The Morgan fingerprint density at radius 2 is 1.95 bits per heavy atom. The molecule has 2 heterocycles. The summed E-state index contributed by atoms with van der Waals surface area (Å²) in [6, 6.07) is 2.07. The van der Waals surface area contributed by atoms with E-state index in [9.17, 15) is 0 Å². The van der Waals surface area contributed by atoms with Crippen LogP contribution in [-0.2, 0) is 6.42 Å². The summed E-state index contributed by atoms with van der Waals surface area (Å²) < 4.78 is 0. The lowest BCUT2D eigenvalue weighted by Crippen LogP contribution is -2.19. The molecule has 1 atom stereocenters. The summed E-state index contributed by atoms with van der Waals surface area (Å²) in [4.78, 5) is 9.33. The van der Waals surface area contributed by atoms with Crippen LogP contribution in [0.2, 0.25) is 0 Å². The lowest BCUT2D eigenvalue weighted by molar-refractivity contribution is 0.537. The Bertz CT molecular complexity index is 511. The summed E-state index contributed by atoms with van der Waals surface area (Å²) in [5.41, 5.74) is 4.63. The Balaban J connectivity index is 2.27. The molecule has 2 rings (SSSR count). The Morgan fingerprint density at radius 3 is 2.47 bits per heavy atom. The summed E-state index contributed by atoms with van der Waals surface area (Å²) in [7, 11) is 1.99. The van der Waals surface area contributed by atoms with Gasteiger partial charge in [0.25, 0.3) is 0 Å². The normalized spacial score (nSPS) is 12.6. The smallest absolute Gasteiger partial charge is 0.160 e. The number of thiophene rings is 1. The summed E-state index contributed by atoms with van der Waals surface area (Å²) in [6.07, 6.45) is 1.03. The third-order valence-corrected chi connectivity index (χ3v) is 3.99. The van der Waals surface area contributed by atoms with Crippen LogP contribution in [0, 0.1) is 19.8 Å². The van der Waals surface area contributed by atoms with Crippen LogP contribution in [-0.4, -0.2) is 23.6 Å². The molecule has 0 radical (unpaired) electrons. The zero-order chi connectivity index (χ0) is 13.8. The molecule has 0 aliphatic rings. The van der Waals surface area contributed by atoms with E-state index in [1.807, 2.05) is 7.05 Å². The molecule has 0 saturated carbocycles. The van der Waals surface area contributed by atoms with E-state index < -0.39 is 0 Å². The van der Waals surface area contributed by atoms with Crippen LogP contribution in [0.15, 0.2) is 16.8 Å². The van der Waals surface area contributed by atoms with Gasteiger partial charge < -0.3 is 5.32 Å². The molecular formula is C15H21N3S. The molecule has 0 saturated heterocycles. The summed E-state index contributed by atoms with van der Waals surface area (Å²) in [5.74, 6) is 1.44. The van der Waals surface area contributed by atoms with Crippen molar-refractivity contribution in [2.24, 2.45) is 5.92 Å². The molecule has 1 unspecified atom stereocenters. The average Bonchev–Trinajstić information content (AvgIpc) is 2.87. The van der Waals surface area contributed by atoms with Crippen LogP contribution >= 0.6 is 11.3 Å². The fourth-order valence-electron chi connectivity index (χ4n) is 2.32. The van der Waals surface area contributed by atoms with Crippen LogP contribution in [0.4, 0.5) is 0 Å². The van der Waals surface area contributed by atoms with Gasteiger partial charge in [-0.2, -0.15) is 11.3 Å². The second-order valence-electron chi connectivity index (χ2n) is 5.08. The molecule has 0 bridgehead atoms. The first-order chi connectivity index (χ1) is 9.11. The molecule has 19 heavy (non-hydrogen) atoms. The quantitative estimate of drug-likeness (QED) is 0.910. The monoisotopic (exact) mass is 275 g/mol. The van der Waals surface area contributed by atoms with Gasteiger partial charge in [0.1, 0.15) is 0 Å². The van der Waals surface area contributed by atoms with Gasteiger partial charge in [-0.3, -0.25) is 0 Å². The van der Waals surface area contributed by atoms with Crippen molar-refractivity contribution in [3.63, 3.8) is 0 Å². The number of rotatable bonds is 5. The summed E-state index contributed by atoms with van der Waals surface area (Å²) >= 11 is 1.68. The van der Waals surface area contributed by atoms with Gasteiger partial charge >= 0.3 is 0 Å². The second-order valence-corrected chi connectivity index (χ2v) is 5.86. The highest BCUT2D eigenvalue weighted by molar-refractivity contribution is 7.08. The minimum atomic E-state index is 0.595. The number of aryl methyl sites for hydroxylation is 2. The van der Waals surface area contributed by atoms with E-state index in [-0.39, 0.29) is 0 Å². The van der Waals surface area contributed by atoms with Crippen LogP contribution in [0.25, 0.3) is 11.4 Å². The maximum Gasteiger partial charge on any atom is 0.160 e. The zero-order valence-corrected chi connectivity index (χ0v) is 12.8. The number of nitrogens with one attached hydrogen (secondary N) is 1. The predicted octanol–water partition coefficient (Wildman–Crippen LogP) is 3.22. The molecule has 0 amide bonds. The zero-order valence-electron chi connectivity index (χ0n) is 12.0. The molecule has 102 valence electrons. The van der Waals surface area contributed by atoms with Crippen LogP contribution in [0.1, 0.15) is 23.9 Å². The molecule has 0 spiro atoms. The van der Waals surface area contributed by atoms with Crippen LogP contribution < -0.4 is 5.32 Å². The SMILES string of the molecule is CNCC(C)Cc1c(C)nc(-c2ccsc2)nc1C. The standard InChI is InChI=1S/C15H21N3S/c1-10(8-16-4)7-14-11(2)17-15(18-12(14)3)13-5-6-19-9-13/h5-6,9-10,16H,7-8H2,1-4H3. The Morgan fingerprint density at radius 1 is 1.26 bits per heavy atom. The lowest BCUT2D eigenvalue weighted by atomic mass is 9.98. The third-order valence-electron chi connectivity index (χ3n) is 3.31. The molecule has 0 fully saturated rings. The van der Waals surface area contributed by atoms with Crippen molar-refractivity contribution in [3.8, 4) is 11.4 Å². The predicted molar refractivity (Wildman–Crippen MR) is 81.6 cm³/mol. The third kappa shape index (κ3) is 3.39. The maximum absolute atomic E-state index is 4.66.